The summed E-state index contributed by atoms with van der Waals surface area (Å²) in [5, 5.41) is 19.3. The highest BCUT2D eigenvalue weighted by Crippen LogP contribution is 2.32. The molecule has 5 rings (SSSR count). The number of nitrogens with one attached hydrogen (secondary N) is 1. The monoisotopic (exact) mass is 453 g/mol. The topological polar surface area (TPSA) is 122 Å². The third-order valence-electron chi connectivity index (χ3n) is 5.72. The van der Waals surface area contributed by atoms with Crippen molar-refractivity contribution in [2.45, 2.75) is 18.9 Å². The van der Waals surface area contributed by atoms with Crippen molar-refractivity contribution < 1.29 is 13.5 Å². The number of hydrogen-bond acceptors (Lipinski definition) is 8. The third kappa shape index (κ3) is 3.78. The van der Waals surface area contributed by atoms with Crippen molar-refractivity contribution in [1.29, 1.82) is 0 Å². The molecule has 3 aromatic heterocycles. The SMILES string of the molecule is COc1ccc(-n2nnnc2-c2cc(-c3cnn(C4CCNCC4)c3)cnc2N)c(F)c1F. The number of hydrogen-bond donors (Lipinski definition) is 2. The van der Waals surface area contributed by atoms with Crippen molar-refractivity contribution in [3.63, 3.8) is 0 Å². The fourth-order valence-electron chi connectivity index (χ4n) is 3.93. The molecule has 1 aromatic carbocycles. The van der Waals surface area contributed by atoms with E-state index in [9.17, 15) is 8.78 Å². The van der Waals surface area contributed by atoms with E-state index < -0.39 is 11.6 Å². The van der Waals surface area contributed by atoms with Gasteiger partial charge >= 0.3 is 0 Å². The Bertz CT molecular complexity index is 1300. The van der Waals surface area contributed by atoms with Gasteiger partial charge in [-0.15, -0.1) is 5.10 Å². The van der Waals surface area contributed by atoms with E-state index in [1.165, 1.54) is 19.2 Å². The van der Waals surface area contributed by atoms with E-state index in [2.05, 4.69) is 30.9 Å². The predicted octanol–water partition coefficient (Wildman–Crippen LogP) is 2.38. The number of tetrazole rings is 1. The molecule has 4 heterocycles. The van der Waals surface area contributed by atoms with Crippen LogP contribution in [0, 0.1) is 11.6 Å². The van der Waals surface area contributed by atoms with E-state index in [1.54, 1.807) is 18.5 Å². The van der Waals surface area contributed by atoms with Crippen molar-refractivity contribution in [1.82, 2.24) is 40.3 Å². The minimum atomic E-state index is -1.14. The summed E-state index contributed by atoms with van der Waals surface area (Å²) in [6, 6.07) is 4.72. The van der Waals surface area contributed by atoms with Gasteiger partial charge in [0.1, 0.15) is 11.5 Å². The molecule has 12 heteroatoms. The zero-order chi connectivity index (χ0) is 22.9. The highest BCUT2D eigenvalue weighted by molar-refractivity contribution is 5.76. The Labute approximate surface area is 187 Å². The van der Waals surface area contributed by atoms with E-state index in [0.29, 0.717) is 11.6 Å². The summed E-state index contributed by atoms with van der Waals surface area (Å²) < 4.78 is 36.8. The quantitative estimate of drug-likeness (QED) is 0.472. The Morgan fingerprint density at radius 1 is 1.12 bits per heavy atom. The normalized spacial score (nSPS) is 14.5. The lowest BCUT2D eigenvalue weighted by Gasteiger charge is -2.22. The molecular weight excluding hydrogens is 432 g/mol. The fourth-order valence-corrected chi connectivity index (χ4v) is 3.93. The van der Waals surface area contributed by atoms with E-state index in [0.717, 1.165) is 41.7 Å². The van der Waals surface area contributed by atoms with Gasteiger partial charge in [0, 0.05) is 23.5 Å². The predicted molar refractivity (Wildman–Crippen MR) is 116 cm³/mol. The van der Waals surface area contributed by atoms with Crippen molar-refractivity contribution >= 4 is 5.82 Å². The van der Waals surface area contributed by atoms with Gasteiger partial charge in [-0.05, 0) is 54.6 Å². The molecule has 3 N–H and O–H groups in total. The summed E-state index contributed by atoms with van der Waals surface area (Å²) in [6.07, 6.45) is 7.37. The molecule has 1 aliphatic rings. The van der Waals surface area contributed by atoms with Gasteiger partial charge in [-0.2, -0.15) is 14.2 Å². The maximum absolute atomic E-state index is 14.7. The molecule has 33 heavy (non-hydrogen) atoms. The molecule has 1 aliphatic heterocycles. The number of aromatic nitrogens is 7. The van der Waals surface area contributed by atoms with Crippen molar-refractivity contribution in [2.75, 3.05) is 25.9 Å². The number of methoxy groups -OCH3 is 1. The molecule has 0 unspecified atom stereocenters. The van der Waals surface area contributed by atoms with Gasteiger partial charge in [-0.25, -0.2) is 9.37 Å². The van der Waals surface area contributed by atoms with Crippen LogP contribution in [0.3, 0.4) is 0 Å². The van der Waals surface area contributed by atoms with Gasteiger partial charge in [0.2, 0.25) is 5.82 Å². The number of nitrogen functional groups attached to an aromatic ring is 1. The van der Waals surface area contributed by atoms with Gasteiger partial charge in [-0.3, -0.25) is 4.68 Å². The standard InChI is InChI=1S/C21H21F2N9O/c1-33-17-3-2-16(18(22)19(17)23)32-21(28-29-30-32)15-8-12(9-26-20(15)24)13-10-27-31(11-13)14-4-6-25-7-5-14/h2-3,8-11,14,25H,4-7H2,1H3,(H2,24,26). The first-order valence-electron chi connectivity index (χ1n) is 10.4. The summed E-state index contributed by atoms with van der Waals surface area (Å²) in [5.41, 5.74) is 7.90. The van der Waals surface area contributed by atoms with Crippen LogP contribution in [0.15, 0.2) is 36.8 Å². The Kier molecular flexibility index (Phi) is 5.42. The Balaban J connectivity index is 1.53. The Hall–Kier alpha value is -3.93. The second kappa shape index (κ2) is 8.54. The molecule has 170 valence electrons. The smallest absolute Gasteiger partial charge is 0.202 e. The average molecular weight is 453 g/mol. The highest BCUT2D eigenvalue weighted by Gasteiger charge is 2.22. The number of ether oxygens (including phenoxy) is 1. The lowest BCUT2D eigenvalue weighted by Crippen LogP contribution is -2.29. The van der Waals surface area contributed by atoms with Gasteiger partial charge in [0.25, 0.3) is 0 Å². The molecule has 10 nitrogen and oxygen atoms in total. The van der Waals surface area contributed by atoms with Gasteiger partial charge in [0.15, 0.2) is 17.4 Å². The largest absolute Gasteiger partial charge is 0.494 e. The van der Waals surface area contributed by atoms with Gasteiger partial charge < -0.3 is 15.8 Å². The Morgan fingerprint density at radius 3 is 2.73 bits per heavy atom. The van der Waals surface area contributed by atoms with Crippen LogP contribution in [-0.4, -0.2) is 55.2 Å². The van der Waals surface area contributed by atoms with Crippen LogP contribution in [0.25, 0.3) is 28.2 Å². The lowest BCUT2D eigenvalue weighted by molar-refractivity contribution is 0.343. The first-order valence-corrected chi connectivity index (χ1v) is 10.4. The van der Waals surface area contributed by atoms with Crippen LogP contribution >= 0.6 is 0 Å². The van der Waals surface area contributed by atoms with E-state index in [1.807, 2.05) is 10.9 Å². The van der Waals surface area contributed by atoms with E-state index in [4.69, 9.17) is 10.5 Å². The van der Waals surface area contributed by atoms with Crippen molar-refractivity contribution in [2.24, 2.45) is 0 Å². The number of nitrogens with zero attached hydrogens (tertiary/aromatic N) is 7. The van der Waals surface area contributed by atoms with E-state index in [-0.39, 0.29) is 23.1 Å². The van der Waals surface area contributed by atoms with Crippen LogP contribution in [0.5, 0.6) is 5.75 Å². The van der Waals surface area contributed by atoms with E-state index >= 15 is 0 Å². The minimum Gasteiger partial charge on any atom is -0.494 e. The molecule has 4 aromatic rings. The number of pyridine rings is 1. The van der Waals surface area contributed by atoms with Crippen molar-refractivity contribution in [3.8, 4) is 34.0 Å². The molecule has 0 aliphatic carbocycles. The molecule has 0 atom stereocenters. The average Bonchev–Trinajstić information content (AvgIpc) is 3.52. The van der Waals surface area contributed by atoms with Crippen molar-refractivity contribution in [3.05, 3.63) is 48.4 Å². The maximum atomic E-state index is 14.7. The van der Waals surface area contributed by atoms with Gasteiger partial charge in [-0.1, -0.05) is 0 Å². The number of nitrogens with two attached hydrogens (primary N) is 1. The molecule has 0 radical (unpaired) electrons. The molecular formula is C21H21F2N9O. The van der Waals surface area contributed by atoms with Crippen LogP contribution < -0.4 is 15.8 Å². The zero-order valence-electron chi connectivity index (χ0n) is 17.7. The summed E-state index contributed by atoms with van der Waals surface area (Å²) in [4.78, 5) is 4.27. The fraction of sp³-hybridized carbons (Fsp3) is 0.286. The summed E-state index contributed by atoms with van der Waals surface area (Å²) >= 11 is 0. The third-order valence-corrected chi connectivity index (χ3v) is 5.72. The molecule has 0 bridgehead atoms. The second-order valence-corrected chi connectivity index (χ2v) is 7.68. The first-order chi connectivity index (χ1) is 16.1. The number of anilines is 1. The molecule has 1 saturated heterocycles. The first kappa shape index (κ1) is 20.9. The summed E-state index contributed by atoms with van der Waals surface area (Å²) in [5.74, 6) is -2.23. The number of piperidine rings is 1. The molecule has 0 spiro atoms. The minimum absolute atomic E-state index is 0.121. The highest BCUT2D eigenvalue weighted by atomic mass is 19.2. The summed E-state index contributed by atoms with van der Waals surface area (Å²) in [6.45, 7) is 1.91. The van der Waals surface area contributed by atoms with Crippen LogP contribution in [0.1, 0.15) is 18.9 Å². The zero-order valence-corrected chi connectivity index (χ0v) is 17.7. The summed E-state index contributed by atoms with van der Waals surface area (Å²) in [7, 11) is 1.26. The molecule has 1 fully saturated rings. The lowest BCUT2D eigenvalue weighted by atomic mass is 10.1. The number of benzene rings is 1. The van der Waals surface area contributed by atoms with Crippen LogP contribution in [0.2, 0.25) is 0 Å². The Morgan fingerprint density at radius 2 is 1.94 bits per heavy atom. The maximum Gasteiger partial charge on any atom is 0.202 e. The number of rotatable bonds is 5. The second-order valence-electron chi connectivity index (χ2n) is 7.68. The number of halogens is 2. The van der Waals surface area contributed by atoms with Crippen LogP contribution in [0.4, 0.5) is 14.6 Å². The van der Waals surface area contributed by atoms with Gasteiger partial charge in [0.05, 0.1) is 24.9 Å². The molecule has 0 saturated carbocycles. The molecule has 0 amide bonds. The van der Waals surface area contributed by atoms with Crippen LogP contribution in [-0.2, 0) is 0 Å².